The molecule has 1 aliphatic heterocycles. The zero-order valence-corrected chi connectivity index (χ0v) is 19.8. The lowest BCUT2D eigenvalue weighted by Gasteiger charge is -2.37. The Morgan fingerprint density at radius 1 is 1.09 bits per heavy atom. The van der Waals surface area contributed by atoms with E-state index in [1.165, 1.54) is 12.1 Å². The molecule has 2 aliphatic rings. The fourth-order valence-electron chi connectivity index (χ4n) is 5.30. The van der Waals surface area contributed by atoms with E-state index in [0.29, 0.717) is 25.0 Å². The molecular weight excluding hydrogens is 449 g/mol. The van der Waals surface area contributed by atoms with Gasteiger partial charge in [-0.15, -0.1) is 0 Å². The van der Waals surface area contributed by atoms with Gasteiger partial charge in [0.05, 0.1) is 24.3 Å². The number of aromatic nitrogens is 1. The minimum absolute atomic E-state index is 0.000108. The monoisotopic (exact) mass is 480 g/mol. The lowest BCUT2D eigenvalue weighted by Crippen LogP contribution is -2.46. The molecule has 0 amide bonds. The van der Waals surface area contributed by atoms with Crippen LogP contribution in [0.15, 0.2) is 41.2 Å². The van der Waals surface area contributed by atoms with Crippen LogP contribution in [0.2, 0.25) is 0 Å². The van der Waals surface area contributed by atoms with Gasteiger partial charge in [0.2, 0.25) is 0 Å². The van der Waals surface area contributed by atoms with Crippen LogP contribution in [0.25, 0.3) is 0 Å². The number of pyridine rings is 1. The molecule has 2 atom stereocenters. The summed E-state index contributed by atoms with van der Waals surface area (Å²) in [6.07, 6.45) is 2.20. The van der Waals surface area contributed by atoms with Crippen LogP contribution < -0.4 is 10.3 Å². The van der Waals surface area contributed by atoms with Gasteiger partial charge >= 0.3 is 6.18 Å². The Balaban J connectivity index is 1.43. The van der Waals surface area contributed by atoms with Crippen molar-refractivity contribution in [3.8, 4) is 0 Å². The normalized spacial score (nSPS) is 25.6. The Hall–Kier alpha value is -1.77. The van der Waals surface area contributed by atoms with Gasteiger partial charge in [-0.05, 0) is 75.3 Å². The third kappa shape index (κ3) is 5.33. The summed E-state index contributed by atoms with van der Waals surface area (Å²) < 4.78 is 51.9. The molecule has 33 heavy (non-hydrogen) atoms. The number of aryl methyl sites for hydroxylation is 2. The number of nitrogens with one attached hydrogen (secondary N) is 1. The molecule has 1 aromatic carbocycles. The molecule has 1 aromatic heterocycles. The third-order valence-electron chi connectivity index (χ3n) is 7.05. The van der Waals surface area contributed by atoms with E-state index in [0.717, 1.165) is 36.9 Å². The van der Waals surface area contributed by atoms with E-state index in [-0.39, 0.29) is 29.7 Å². The van der Waals surface area contributed by atoms with Gasteiger partial charge in [0.15, 0.2) is 0 Å². The number of fused-ring (bicyclic) bond motifs is 1. The Kier molecular flexibility index (Phi) is 7.56. The van der Waals surface area contributed by atoms with Crippen molar-refractivity contribution in [2.45, 2.75) is 75.7 Å². The highest BCUT2D eigenvalue weighted by atomic mass is 32.2. The van der Waals surface area contributed by atoms with Gasteiger partial charge in [-0.2, -0.15) is 13.2 Å². The van der Waals surface area contributed by atoms with Crippen LogP contribution >= 0.6 is 11.9 Å². The van der Waals surface area contributed by atoms with Crippen LogP contribution in [-0.4, -0.2) is 29.6 Å². The van der Waals surface area contributed by atoms with Crippen molar-refractivity contribution in [2.75, 3.05) is 12.9 Å². The molecule has 1 N–H and O–H groups in total. The Morgan fingerprint density at radius 3 is 2.52 bits per heavy atom. The van der Waals surface area contributed by atoms with Crippen LogP contribution in [-0.2, 0) is 17.3 Å². The van der Waals surface area contributed by atoms with Crippen LogP contribution in [0.5, 0.6) is 0 Å². The molecule has 2 heterocycles. The second kappa shape index (κ2) is 10.2. The first-order chi connectivity index (χ1) is 15.8. The highest BCUT2D eigenvalue weighted by Crippen LogP contribution is 2.41. The summed E-state index contributed by atoms with van der Waals surface area (Å²) in [5, 5.41) is 0. The van der Waals surface area contributed by atoms with Crippen molar-refractivity contribution >= 4 is 11.9 Å². The predicted molar refractivity (Wildman–Crippen MR) is 126 cm³/mol. The van der Waals surface area contributed by atoms with E-state index in [2.05, 4.69) is 4.72 Å². The maximum atomic E-state index is 13.4. The van der Waals surface area contributed by atoms with Crippen molar-refractivity contribution in [2.24, 2.45) is 0 Å². The van der Waals surface area contributed by atoms with Gasteiger partial charge in [-0.3, -0.25) is 9.52 Å². The zero-order valence-electron chi connectivity index (χ0n) is 19.0. The molecular formula is C25H31F3N2O2S. The number of benzene rings is 1. The summed E-state index contributed by atoms with van der Waals surface area (Å²) in [6, 6.07) is 9.87. The number of alkyl halides is 3. The van der Waals surface area contributed by atoms with Crippen molar-refractivity contribution in [1.29, 1.82) is 0 Å². The minimum Gasteiger partial charge on any atom is -0.376 e. The molecule has 1 aliphatic carbocycles. The zero-order chi connectivity index (χ0) is 23.6. The maximum absolute atomic E-state index is 13.4. The number of halogens is 3. The summed E-state index contributed by atoms with van der Waals surface area (Å²) in [7, 11) is 0. The second-order valence-corrected chi connectivity index (χ2v) is 9.75. The van der Waals surface area contributed by atoms with Crippen molar-refractivity contribution in [3.05, 3.63) is 69.1 Å². The Morgan fingerprint density at radius 2 is 1.82 bits per heavy atom. The quantitative estimate of drug-likeness (QED) is 0.544. The first-order valence-electron chi connectivity index (χ1n) is 11.6. The van der Waals surface area contributed by atoms with E-state index < -0.39 is 11.7 Å². The number of ether oxygens (including phenoxy) is 1. The fourth-order valence-corrected chi connectivity index (χ4v) is 5.88. The summed E-state index contributed by atoms with van der Waals surface area (Å²) in [4.78, 5) is 12.9. The van der Waals surface area contributed by atoms with Crippen LogP contribution in [0.1, 0.15) is 66.4 Å². The minimum atomic E-state index is -4.33. The van der Waals surface area contributed by atoms with Gasteiger partial charge in [0.1, 0.15) is 0 Å². The topological polar surface area (TPSA) is 43.3 Å². The van der Waals surface area contributed by atoms with E-state index in [9.17, 15) is 18.0 Å². The van der Waals surface area contributed by atoms with Gasteiger partial charge in [-0.1, -0.05) is 36.2 Å². The molecule has 8 heteroatoms. The van der Waals surface area contributed by atoms with E-state index in [1.807, 2.05) is 29.9 Å². The van der Waals surface area contributed by atoms with Crippen molar-refractivity contribution < 1.29 is 17.9 Å². The molecule has 0 bridgehead atoms. The summed E-state index contributed by atoms with van der Waals surface area (Å²) in [5.41, 5.74) is 1.66. The van der Waals surface area contributed by atoms with Gasteiger partial charge in [0.25, 0.3) is 5.56 Å². The van der Waals surface area contributed by atoms with Gasteiger partial charge in [0, 0.05) is 17.3 Å². The predicted octanol–water partition coefficient (Wildman–Crippen LogP) is 5.64. The number of rotatable bonds is 6. The Labute approximate surface area is 197 Å². The average molecular weight is 481 g/mol. The van der Waals surface area contributed by atoms with Gasteiger partial charge in [-0.25, -0.2) is 0 Å². The molecule has 1 saturated carbocycles. The van der Waals surface area contributed by atoms with Crippen molar-refractivity contribution in [3.63, 3.8) is 0 Å². The van der Waals surface area contributed by atoms with Crippen LogP contribution in [0.4, 0.5) is 13.2 Å². The van der Waals surface area contributed by atoms with Crippen molar-refractivity contribution in [1.82, 2.24) is 9.29 Å². The molecule has 0 saturated heterocycles. The third-order valence-corrected chi connectivity index (χ3v) is 7.59. The van der Waals surface area contributed by atoms with E-state index in [4.69, 9.17) is 4.74 Å². The lowest BCUT2D eigenvalue weighted by atomic mass is 9.81. The summed E-state index contributed by atoms with van der Waals surface area (Å²) in [5.74, 6) is -0.103. The number of nitrogens with zero attached hydrogens (tertiary/aromatic N) is 1. The molecule has 0 radical (unpaired) electrons. The van der Waals surface area contributed by atoms with Gasteiger partial charge < -0.3 is 9.30 Å². The molecule has 180 valence electrons. The SMILES string of the molecule is CSNC1CCc2ccc(C)c(=O)n2C1COC1CCC(c2ccccc2C(F)(F)F)CC1. The molecule has 2 unspecified atom stereocenters. The number of hydrogen-bond acceptors (Lipinski definition) is 4. The lowest BCUT2D eigenvalue weighted by molar-refractivity contribution is -0.138. The smallest absolute Gasteiger partial charge is 0.376 e. The maximum Gasteiger partial charge on any atom is 0.416 e. The highest BCUT2D eigenvalue weighted by Gasteiger charge is 2.36. The summed E-state index contributed by atoms with van der Waals surface area (Å²) in [6.45, 7) is 2.25. The van der Waals surface area contributed by atoms with E-state index in [1.54, 1.807) is 24.1 Å². The molecule has 2 aromatic rings. The van der Waals surface area contributed by atoms with E-state index >= 15 is 0 Å². The summed E-state index contributed by atoms with van der Waals surface area (Å²) >= 11 is 1.55. The standard InChI is InChI=1S/C25H31F3N2O2S/c1-16-7-10-18-11-14-22(29-33-2)23(30(18)24(16)31)15-32-19-12-8-17(9-13-19)20-5-3-4-6-21(20)25(26,27)28/h3-7,10,17,19,22-23,29H,8-9,11-15H2,1-2H3. The first-order valence-corrected chi connectivity index (χ1v) is 12.8. The average Bonchev–Trinajstić information content (AvgIpc) is 2.80. The second-order valence-electron chi connectivity index (χ2n) is 9.11. The number of hydrogen-bond donors (Lipinski definition) is 1. The molecule has 4 rings (SSSR count). The van der Waals surface area contributed by atoms with Crippen LogP contribution in [0, 0.1) is 6.92 Å². The largest absolute Gasteiger partial charge is 0.416 e. The molecule has 4 nitrogen and oxygen atoms in total. The molecule has 0 spiro atoms. The fraction of sp³-hybridized carbons (Fsp3) is 0.560. The highest BCUT2D eigenvalue weighted by molar-refractivity contribution is 7.96. The first kappa shape index (κ1) is 24.4. The van der Waals surface area contributed by atoms with Crippen LogP contribution in [0.3, 0.4) is 0 Å². The Bertz CT molecular complexity index is 1020. The molecule has 1 fully saturated rings.